The molecule has 14 heavy (non-hydrogen) atoms. The first-order chi connectivity index (χ1) is 6.47. The minimum atomic E-state index is -4.56. The molecule has 1 atom stereocenters. The maximum atomic E-state index is 11.5. The minimum absolute atomic E-state index is 0.0814. The van der Waals surface area contributed by atoms with E-state index < -0.39 is 13.0 Å². The molecule has 2 N–H and O–H groups in total. The molecule has 0 aromatic rings. The number of guanidine groups is 1. The number of nitrogens with zero attached hydrogens (tertiary/aromatic N) is 1. The lowest BCUT2D eigenvalue weighted by molar-refractivity contribution is -0.323. The van der Waals surface area contributed by atoms with Crippen LogP contribution < -0.4 is 10.6 Å². The van der Waals surface area contributed by atoms with Crippen molar-refractivity contribution in [1.82, 2.24) is 10.6 Å². The van der Waals surface area contributed by atoms with E-state index in [2.05, 4.69) is 20.4 Å². The van der Waals surface area contributed by atoms with E-state index in [-0.39, 0.29) is 12.6 Å². The van der Waals surface area contributed by atoms with Crippen LogP contribution in [-0.2, 0) is 4.74 Å². The average Bonchev–Trinajstić information content (AvgIpc) is 2.44. The molecule has 0 spiro atoms. The first-order valence-electron chi connectivity index (χ1n) is 4.23. The Morgan fingerprint density at radius 1 is 1.64 bits per heavy atom. The van der Waals surface area contributed by atoms with Gasteiger partial charge in [0.1, 0.15) is 0 Å². The number of alkyl halides is 3. The summed E-state index contributed by atoms with van der Waals surface area (Å²) in [6.45, 7) is 2.24. The maximum absolute atomic E-state index is 11.5. The fourth-order valence-corrected chi connectivity index (χ4v) is 0.996. The maximum Gasteiger partial charge on any atom is 0.522 e. The van der Waals surface area contributed by atoms with Gasteiger partial charge in [-0.1, -0.05) is 0 Å². The molecule has 1 unspecified atom stereocenters. The summed E-state index contributed by atoms with van der Waals surface area (Å²) in [5.74, 6) is 0.531. The van der Waals surface area contributed by atoms with Gasteiger partial charge < -0.3 is 10.6 Å². The van der Waals surface area contributed by atoms with Gasteiger partial charge in [0.2, 0.25) is 0 Å². The van der Waals surface area contributed by atoms with Crippen molar-refractivity contribution in [2.45, 2.75) is 19.3 Å². The number of halogens is 3. The Bertz CT molecular complexity index is 217. The molecule has 0 bridgehead atoms. The first kappa shape index (κ1) is 11.1. The number of hydrogen-bond donors (Lipinski definition) is 2. The summed E-state index contributed by atoms with van der Waals surface area (Å²) in [6, 6.07) is 0.237. The van der Waals surface area contributed by atoms with Crippen molar-refractivity contribution in [3.8, 4) is 0 Å². The van der Waals surface area contributed by atoms with Gasteiger partial charge in [0.15, 0.2) is 5.96 Å². The highest BCUT2D eigenvalue weighted by atomic mass is 19.4. The van der Waals surface area contributed by atoms with Gasteiger partial charge in [0.05, 0.1) is 13.2 Å². The zero-order valence-electron chi connectivity index (χ0n) is 7.69. The van der Waals surface area contributed by atoms with Crippen LogP contribution in [0.3, 0.4) is 0 Å². The summed E-state index contributed by atoms with van der Waals surface area (Å²) in [7, 11) is 0. The molecule has 0 aliphatic carbocycles. The quantitative estimate of drug-likeness (QED) is 0.667. The molecule has 0 saturated heterocycles. The summed E-state index contributed by atoms with van der Waals surface area (Å²) in [6.07, 6.45) is -4.56. The number of aliphatic imine (C=N–C) groups is 1. The third-order valence-corrected chi connectivity index (χ3v) is 1.57. The third-order valence-electron chi connectivity index (χ3n) is 1.57. The molecule has 0 aromatic carbocycles. The molecule has 0 aromatic heterocycles. The Labute approximate surface area is 79.5 Å². The SMILES string of the molecule is CC1CN=C(NCCOC(F)(F)F)N1. The molecule has 0 saturated carbocycles. The Kier molecular flexibility index (Phi) is 3.56. The molecule has 1 heterocycles. The van der Waals surface area contributed by atoms with Crippen LogP contribution in [0, 0.1) is 0 Å². The highest BCUT2D eigenvalue weighted by Gasteiger charge is 2.28. The average molecular weight is 211 g/mol. The molecule has 0 fully saturated rings. The van der Waals surface area contributed by atoms with Gasteiger partial charge in [-0.3, -0.25) is 9.73 Å². The number of nitrogens with one attached hydrogen (secondary N) is 2. The first-order valence-corrected chi connectivity index (χ1v) is 4.23. The van der Waals surface area contributed by atoms with E-state index in [1.165, 1.54) is 0 Å². The molecule has 82 valence electrons. The monoisotopic (exact) mass is 211 g/mol. The van der Waals surface area contributed by atoms with Crippen LogP contribution in [0.15, 0.2) is 4.99 Å². The molecule has 0 radical (unpaired) electrons. The van der Waals surface area contributed by atoms with Crippen LogP contribution >= 0.6 is 0 Å². The normalized spacial score (nSPS) is 21.7. The van der Waals surface area contributed by atoms with Crippen molar-refractivity contribution in [1.29, 1.82) is 0 Å². The van der Waals surface area contributed by atoms with Crippen molar-refractivity contribution < 1.29 is 17.9 Å². The van der Waals surface area contributed by atoms with E-state index in [9.17, 15) is 13.2 Å². The Hall–Kier alpha value is -0.980. The molecule has 1 aliphatic rings. The molecule has 1 rings (SSSR count). The van der Waals surface area contributed by atoms with E-state index in [1.54, 1.807) is 0 Å². The topological polar surface area (TPSA) is 45.7 Å². The van der Waals surface area contributed by atoms with Crippen molar-refractivity contribution in [3.63, 3.8) is 0 Å². The van der Waals surface area contributed by atoms with E-state index in [0.717, 1.165) is 0 Å². The molecule has 0 amide bonds. The van der Waals surface area contributed by atoms with Gasteiger partial charge in [-0.15, -0.1) is 13.2 Å². The third kappa shape index (κ3) is 4.31. The van der Waals surface area contributed by atoms with Gasteiger partial charge in [0, 0.05) is 12.6 Å². The van der Waals surface area contributed by atoms with Crippen molar-refractivity contribution in [2.75, 3.05) is 19.7 Å². The smallest absolute Gasteiger partial charge is 0.354 e. The van der Waals surface area contributed by atoms with Crippen molar-refractivity contribution in [2.24, 2.45) is 4.99 Å². The van der Waals surface area contributed by atoms with Gasteiger partial charge in [-0.05, 0) is 6.92 Å². The highest BCUT2D eigenvalue weighted by molar-refractivity contribution is 5.81. The van der Waals surface area contributed by atoms with Crippen LogP contribution in [-0.4, -0.2) is 38.1 Å². The van der Waals surface area contributed by atoms with E-state index in [4.69, 9.17) is 0 Å². The number of hydrogen-bond acceptors (Lipinski definition) is 4. The molecule has 1 aliphatic heterocycles. The number of ether oxygens (including phenoxy) is 1. The van der Waals surface area contributed by atoms with E-state index in [0.29, 0.717) is 12.5 Å². The summed E-state index contributed by atoms with van der Waals surface area (Å²) >= 11 is 0. The van der Waals surface area contributed by atoms with E-state index >= 15 is 0 Å². The van der Waals surface area contributed by atoms with E-state index in [1.807, 2.05) is 6.92 Å². The van der Waals surface area contributed by atoms with Crippen LogP contribution in [0.4, 0.5) is 13.2 Å². The predicted molar refractivity (Wildman–Crippen MR) is 44.9 cm³/mol. The second-order valence-corrected chi connectivity index (χ2v) is 2.96. The largest absolute Gasteiger partial charge is 0.522 e. The van der Waals surface area contributed by atoms with Crippen LogP contribution in [0.2, 0.25) is 0 Å². The van der Waals surface area contributed by atoms with Gasteiger partial charge >= 0.3 is 6.36 Å². The Morgan fingerprint density at radius 2 is 2.36 bits per heavy atom. The van der Waals surface area contributed by atoms with Crippen LogP contribution in [0.5, 0.6) is 0 Å². The van der Waals surface area contributed by atoms with Crippen LogP contribution in [0.1, 0.15) is 6.92 Å². The van der Waals surface area contributed by atoms with Gasteiger partial charge in [-0.25, -0.2) is 0 Å². The summed E-state index contributed by atoms with van der Waals surface area (Å²) < 4.78 is 38.1. The number of rotatable bonds is 3. The van der Waals surface area contributed by atoms with Gasteiger partial charge in [0.25, 0.3) is 0 Å². The minimum Gasteiger partial charge on any atom is -0.354 e. The Morgan fingerprint density at radius 3 is 2.86 bits per heavy atom. The predicted octanol–water partition coefficient (Wildman–Crippen LogP) is 0.460. The lowest BCUT2D eigenvalue weighted by atomic mass is 10.4. The molecule has 4 nitrogen and oxygen atoms in total. The molecule has 7 heteroatoms. The zero-order valence-corrected chi connectivity index (χ0v) is 7.69. The Balaban J connectivity index is 2.05. The van der Waals surface area contributed by atoms with Crippen molar-refractivity contribution in [3.05, 3.63) is 0 Å². The second-order valence-electron chi connectivity index (χ2n) is 2.96. The molecular formula is C7H12F3N3O. The lowest BCUT2D eigenvalue weighted by Crippen LogP contribution is -2.39. The second kappa shape index (κ2) is 4.50. The fraction of sp³-hybridized carbons (Fsp3) is 0.857. The fourth-order valence-electron chi connectivity index (χ4n) is 0.996. The molecular weight excluding hydrogens is 199 g/mol. The standard InChI is InChI=1S/C7H12F3N3O/c1-5-4-12-6(13-5)11-2-3-14-7(8,9)10/h5H,2-4H2,1H3,(H2,11,12,13). The zero-order chi connectivity index (χ0) is 10.6. The summed E-state index contributed by atoms with van der Waals surface area (Å²) in [5, 5.41) is 5.65. The lowest BCUT2D eigenvalue weighted by Gasteiger charge is -2.10. The summed E-state index contributed by atoms with van der Waals surface area (Å²) in [4.78, 5) is 4.01. The van der Waals surface area contributed by atoms with Crippen molar-refractivity contribution >= 4 is 5.96 Å². The van der Waals surface area contributed by atoms with Gasteiger partial charge in [-0.2, -0.15) is 0 Å². The van der Waals surface area contributed by atoms with Crippen LogP contribution in [0.25, 0.3) is 0 Å². The summed E-state index contributed by atoms with van der Waals surface area (Å²) in [5.41, 5.74) is 0. The highest BCUT2D eigenvalue weighted by Crippen LogP contribution is 2.15.